The highest BCUT2D eigenvalue weighted by Crippen LogP contribution is 2.38. The third-order valence-corrected chi connectivity index (χ3v) is 3.33. The van der Waals surface area contributed by atoms with Crippen LogP contribution in [0.5, 0.6) is 0 Å². The average molecular weight is 358 g/mol. The van der Waals surface area contributed by atoms with Crippen LogP contribution in [-0.2, 0) is 28.7 Å². The summed E-state index contributed by atoms with van der Waals surface area (Å²) < 4.78 is 4.94. The molecule has 11 nitrogen and oxygen atoms in total. The number of aliphatic carboxylic acids is 5. The first kappa shape index (κ1) is 19.8. The zero-order chi connectivity index (χ0) is 19.3. The van der Waals surface area contributed by atoms with Crippen LogP contribution < -0.4 is 0 Å². The highest BCUT2D eigenvalue weighted by atomic mass is 16.5. The summed E-state index contributed by atoms with van der Waals surface area (Å²) in [6, 6.07) is 0. The molecule has 2 aliphatic rings. The summed E-state index contributed by atoms with van der Waals surface area (Å²) in [5.41, 5.74) is -5.32. The predicted octanol–water partition coefficient (Wildman–Crippen LogP) is -0.571. The fourth-order valence-electron chi connectivity index (χ4n) is 2.36. The summed E-state index contributed by atoms with van der Waals surface area (Å²) in [5, 5.41) is 44.3. The minimum atomic E-state index is -2.37. The van der Waals surface area contributed by atoms with Crippen LogP contribution in [0, 0.1) is 5.92 Å². The van der Waals surface area contributed by atoms with Crippen molar-refractivity contribution in [1.82, 2.24) is 0 Å². The first-order chi connectivity index (χ1) is 11.6. The van der Waals surface area contributed by atoms with E-state index in [-0.39, 0.29) is 0 Å². The minimum Gasteiger partial charge on any atom is -0.481 e. The summed E-state index contributed by atoms with van der Waals surface area (Å²) in [7, 11) is 0. The smallest absolute Gasteiger partial charge is 0.337 e. The van der Waals surface area contributed by atoms with Gasteiger partial charge >= 0.3 is 29.8 Å². The number of carboxylic acid groups (broad SMARTS) is 5. The molecule has 0 spiro atoms. The number of rotatable bonds is 5. The van der Waals surface area contributed by atoms with Crippen LogP contribution in [-0.4, -0.2) is 68.6 Å². The molecule has 0 aromatic rings. The van der Waals surface area contributed by atoms with Gasteiger partial charge in [0.15, 0.2) is 0 Å². The second-order valence-electron chi connectivity index (χ2n) is 4.89. The normalized spacial score (nSPS) is 17.1. The fraction of sp³-hybridized carbons (Fsp3) is 0.357. The molecule has 0 aromatic carbocycles. The van der Waals surface area contributed by atoms with Crippen LogP contribution in [0.3, 0.4) is 0 Å². The van der Waals surface area contributed by atoms with E-state index >= 15 is 0 Å². The van der Waals surface area contributed by atoms with Gasteiger partial charge in [-0.25, -0.2) is 19.2 Å². The van der Waals surface area contributed by atoms with Crippen LogP contribution in [0.4, 0.5) is 0 Å². The maximum Gasteiger partial charge on any atom is 0.337 e. The summed E-state index contributed by atoms with van der Waals surface area (Å²) in [5.74, 6) is -12.5. The van der Waals surface area contributed by atoms with Gasteiger partial charge in [0.1, 0.15) is 5.92 Å². The van der Waals surface area contributed by atoms with Crippen molar-refractivity contribution in [2.75, 3.05) is 13.2 Å². The third kappa shape index (κ3) is 4.20. The lowest BCUT2D eigenvalue weighted by Gasteiger charge is -2.08. The van der Waals surface area contributed by atoms with Crippen LogP contribution in [0.15, 0.2) is 22.3 Å². The SMILES string of the molecule is C1CCOC1.O=C(O)C1=C(C(=O)O)C(C(=O)O)C(C(=O)O)=C1C(=O)O. The molecular formula is C14H14O11. The predicted molar refractivity (Wildman–Crippen MR) is 75.8 cm³/mol. The van der Waals surface area contributed by atoms with E-state index in [4.69, 9.17) is 30.3 Å². The van der Waals surface area contributed by atoms with Gasteiger partial charge in [-0.05, 0) is 12.8 Å². The molecule has 1 aliphatic heterocycles. The van der Waals surface area contributed by atoms with Gasteiger partial charge in [0.2, 0.25) is 0 Å². The van der Waals surface area contributed by atoms with Crippen molar-refractivity contribution >= 4 is 29.8 Å². The maximum atomic E-state index is 11.0. The van der Waals surface area contributed by atoms with Crippen LogP contribution in [0.2, 0.25) is 0 Å². The largest absolute Gasteiger partial charge is 0.481 e. The van der Waals surface area contributed by atoms with Crippen molar-refractivity contribution in [2.45, 2.75) is 12.8 Å². The van der Waals surface area contributed by atoms with E-state index < -0.39 is 58.1 Å². The van der Waals surface area contributed by atoms with Crippen LogP contribution in [0.25, 0.3) is 0 Å². The molecule has 0 aromatic heterocycles. The van der Waals surface area contributed by atoms with Crippen LogP contribution in [0.1, 0.15) is 12.8 Å². The van der Waals surface area contributed by atoms with Crippen molar-refractivity contribution < 1.29 is 54.2 Å². The van der Waals surface area contributed by atoms with E-state index in [0.29, 0.717) is 0 Å². The molecular weight excluding hydrogens is 344 g/mol. The van der Waals surface area contributed by atoms with Crippen molar-refractivity contribution in [3.05, 3.63) is 22.3 Å². The lowest BCUT2D eigenvalue weighted by molar-refractivity contribution is -0.144. The maximum absolute atomic E-state index is 11.0. The first-order valence-electron chi connectivity index (χ1n) is 6.83. The van der Waals surface area contributed by atoms with E-state index in [1.165, 1.54) is 12.8 Å². The van der Waals surface area contributed by atoms with Crippen molar-refractivity contribution in [1.29, 1.82) is 0 Å². The number of carboxylic acids is 5. The monoisotopic (exact) mass is 358 g/mol. The van der Waals surface area contributed by atoms with Gasteiger partial charge in [-0.3, -0.25) is 4.79 Å². The van der Waals surface area contributed by atoms with Crippen molar-refractivity contribution in [3.63, 3.8) is 0 Å². The van der Waals surface area contributed by atoms with E-state index in [1.54, 1.807) is 0 Å². The molecule has 1 fully saturated rings. The van der Waals surface area contributed by atoms with E-state index in [9.17, 15) is 24.0 Å². The molecule has 0 atom stereocenters. The zero-order valence-electron chi connectivity index (χ0n) is 12.6. The molecule has 5 N–H and O–H groups in total. The lowest BCUT2D eigenvalue weighted by Crippen LogP contribution is -2.25. The van der Waals surface area contributed by atoms with Crippen molar-refractivity contribution in [2.24, 2.45) is 5.92 Å². The summed E-state index contributed by atoms with van der Waals surface area (Å²) >= 11 is 0. The Kier molecular flexibility index (Phi) is 6.39. The Morgan fingerprint density at radius 3 is 1.20 bits per heavy atom. The number of hydrogen-bond acceptors (Lipinski definition) is 6. The molecule has 25 heavy (non-hydrogen) atoms. The van der Waals surface area contributed by atoms with Gasteiger partial charge in [0, 0.05) is 13.2 Å². The average Bonchev–Trinajstić information content (AvgIpc) is 3.15. The standard InChI is InChI=1S/C10H6O10.C4H8O/c11-6(12)1-2(7(13)14)4(9(17)18)5(10(19)20)3(1)8(15)16;1-2-4-5-3-1/h1H,(H,11,12)(H,13,14)(H,15,16)(H,17,18)(H,19,20);1-4H2. The van der Waals surface area contributed by atoms with Gasteiger partial charge in [0.05, 0.1) is 22.3 Å². The quantitative estimate of drug-likeness (QED) is 0.422. The second-order valence-corrected chi connectivity index (χ2v) is 4.89. The first-order valence-corrected chi connectivity index (χ1v) is 6.83. The zero-order valence-corrected chi connectivity index (χ0v) is 12.6. The van der Waals surface area contributed by atoms with Gasteiger partial charge in [-0.2, -0.15) is 0 Å². The molecule has 0 radical (unpaired) electrons. The Bertz CT molecular complexity index is 638. The Labute approximate surface area is 139 Å². The highest BCUT2D eigenvalue weighted by Gasteiger charge is 2.49. The summed E-state index contributed by atoms with van der Waals surface area (Å²) in [6.07, 6.45) is 2.56. The lowest BCUT2D eigenvalue weighted by atomic mass is 9.95. The van der Waals surface area contributed by atoms with Crippen molar-refractivity contribution in [3.8, 4) is 0 Å². The molecule has 0 amide bonds. The molecule has 1 heterocycles. The fourth-order valence-corrected chi connectivity index (χ4v) is 2.36. The number of hydrogen-bond donors (Lipinski definition) is 5. The summed E-state index contributed by atoms with van der Waals surface area (Å²) in [4.78, 5) is 54.9. The van der Waals surface area contributed by atoms with Gasteiger partial charge in [-0.1, -0.05) is 0 Å². The summed E-state index contributed by atoms with van der Waals surface area (Å²) in [6.45, 7) is 2.00. The highest BCUT2D eigenvalue weighted by molar-refractivity contribution is 6.20. The Balaban J connectivity index is 0.000000531. The van der Waals surface area contributed by atoms with Crippen LogP contribution >= 0.6 is 0 Å². The Morgan fingerprint density at radius 1 is 0.680 bits per heavy atom. The topological polar surface area (TPSA) is 196 Å². The molecule has 136 valence electrons. The second kappa shape index (κ2) is 8.06. The van der Waals surface area contributed by atoms with Gasteiger partial charge in [0.25, 0.3) is 0 Å². The molecule has 0 unspecified atom stereocenters. The molecule has 1 saturated heterocycles. The van der Waals surface area contributed by atoms with E-state index in [1.807, 2.05) is 0 Å². The third-order valence-electron chi connectivity index (χ3n) is 3.33. The molecule has 11 heteroatoms. The Hall–Kier alpha value is -3.21. The number of ether oxygens (including phenoxy) is 1. The number of carbonyl (C=O) groups is 5. The minimum absolute atomic E-state index is 1.00. The molecule has 2 rings (SSSR count). The molecule has 0 saturated carbocycles. The molecule has 0 bridgehead atoms. The van der Waals surface area contributed by atoms with E-state index in [0.717, 1.165) is 13.2 Å². The molecule has 1 aliphatic carbocycles. The van der Waals surface area contributed by atoms with E-state index in [2.05, 4.69) is 0 Å². The van der Waals surface area contributed by atoms with Gasteiger partial charge < -0.3 is 30.3 Å². The Morgan fingerprint density at radius 2 is 1.04 bits per heavy atom. The van der Waals surface area contributed by atoms with Gasteiger partial charge in [-0.15, -0.1) is 0 Å².